The van der Waals surface area contributed by atoms with Gasteiger partial charge in [-0.05, 0) is 47.4 Å². The van der Waals surface area contributed by atoms with Gasteiger partial charge in [0.25, 0.3) is 0 Å². The van der Waals surface area contributed by atoms with E-state index in [1.807, 2.05) is 31.2 Å². The minimum atomic E-state index is -0.926. The van der Waals surface area contributed by atoms with Crippen molar-refractivity contribution in [3.05, 3.63) is 59.7 Å². The molecule has 0 heterocycles. The lowest BCUT2D eigenvalue weighted by molar-refractivity contribution is -0.137. The number of hydrogen-bond acceptors (Lipinski definition) is 4. The lowest BCUT2D eigenvalue weighted by atomic mass is 9.82. The second-order valence-electron chi connectivity index (χ2n) is 9.60. The minimum absolute atomic E-state index is 0.00120. The van der Waals surface area contributed by atoms with Crippen LogP contribution >= 0.6 is 0 Å². The number of nitrogens with one attached hydrogen (secondary N) is 2. The standard InChI is InChI=1S/C28H34N2O5/c1-2-19(16-27(32)33)29-26(31)15-18-9-3-8-14-25(18)30-28(34)35-17-24-22-12-6-4-10-20(22)21-11-5-7-13-23(21)24/h4-7,10-13,18-19,24-25H,2-3,8-9,14-17H2,1H3,(H,29,31)(H,30,34)(H,32,33)/t18-,19+,25-/m0/s1. The van der Waals surface area contributed by atoms with E-state index in [0.717, 1.165) is 25.7 Å². The molecular formula is C28H34N2O5. The van der Waals surface area contributed by atoms with Crippen molar-refractivity contribution in [2.45, 2.75) is 69.9 Å². The number of aliphatic carboxylic acids is 1. The third kappa shape index (κ3) is 6.02. The van der Waals surface area contributed by atoms with Crippen molar-refractivity contribution in [3.8, 4) is 11.1 Å². The van der Waals surface area contributed by atoms with Gasteiger partial charge in [0.1, 0.15) is 6.61 Å². The molecule has 0 saturated heterocycles. The van der Waals surface area contributed by atoms with E-state index >= 15 is 0 Å². The fourth-order valence-electron chi connectivity index (χ4n) is 5.47. The quantitative estimate of drug-likeness (QED) is 0.478. The Hall–Kier alpha value is -3.35. The van der Waals surface area contributed by atoms with E-state index in [4.69, 9.17) is 9.84 Å². The van der Waals surface area contributed by atoms with Crippen LogP contribution in [0.4, 0.5) is 4.79 Å². The summed E-state index contributed by atoms with van der Waals surface area (Å²) in [6, 6.07) is 15.9. The number of alkyl carbamates (subject to hydrolysis) is 1. The number of benzene rings is 2. The number of carbonyl (C=O) groups is 3. The number of fused-ring (bicyclic) bond motifs is 3. The van der Waals surface area contributed by atoms with E-state index in [9.17, 15) is 14.4 Å². The number of amides is 2. The van der Waals surface area contributed by atoms with Gasteiger partial charge in [0, 0.05) is 24.4 Å². The van der Waals surface area contributed by atoms with E-state index in [1.165, 1.54) is 22.3 Å². The van der Waals surface area contributed by atoms with Crippen LogP contribution in [0.25, 0.3) is 11.1 Å². The van der Waals surface area contributed by atoms with Crippen LogP contribution in [0.3, 0.4) is 0 Å². The van der Waals surface area contributed by atoms with Gasteiger partial charge in [0.2, 0.25) is 5.91 Å². The highest BCUT2D eigenvalue weighted by atomic mass is 16.5. The summed E-state index contributed by atoms with van der Waals surface area (Å²) in [4.78, 5) is 36.3. The SMILES string of the molecule is CC[C@H](CC(=O)O)NC(=O)C[C@@H]1CCCC[C@@H]1NC(=O)OCC1c2ccccc2-c2ccccc21. The normalized spacial score (nSPS) is 19.8. The summed E-state index contributed by atoms with van der Waals surface area (Å²) in [6.07, 6.45) is 3.92. The predicted molar refractivity (Wildman–Crippen MR) is 133 cm³/mol. The molecule has 0 unspecified atom stereocenters. The van der Waals surface area contributed by atoms with Gasteiger partial charge in [-0.25, -0.2) is 4.79 Å². The Kier molecular flexibility index (Phi) is 8.06. The summed E-state index contributed by atoms with van der Waals surface area (Å²) in [5, 5.41) is 14.9. The highest BCUT2D eigenvalue weighted by molar-refractivity contribution is 5.79. The van der Waals surface area contributed by atoms with Gasteiger partial charge >= 0.3 is 12.1 Å². The summed E-state index contributed by atoms with van der Waals surface area (Å²) >= 11 is 0. The molecule has 1 fully saturated rings. The number of rotatable bonds is 9. The maximum absolute atomic E-state index is 12.8. The highest BCUT2D eigenvalue weighted by Gasteiger charge is 2.32. The summed E-state index contributed by atoms with van der Waals surface area (Å²) in [5.41, 5.74) is 4.70. The molecule has 35 heavy (non-hydrogen) atoms. The molecule has 2 aromatic carbocycles. The smallest absolute Gasteiger partial charge is 0.407 e. The first-order valence-corrected chi connectivity index (χ1v) is 12.6. The summed E-state index contributed by atoms with van der Waals surface area (Å²) in [5.74, 6) is -1.08. The highest BCUT2D eigenvalue weighted by Crippen LogP contribution is 2.44. The van der Waals surface area contributed by atoms with E-state index in [0.29, 0.717) is 6.42 Å². The molecule has 7 nitrogen and oxygen atoms in total. The molecule has 2 aliphatic rings. The first kappa shape index (κ1) is 24.8. The third-order valence-corrected chi connectivity index (χ3v) is 7.28. The topological polar surface area (TPSA) is 105 Å². The molecule has 0 aromatic heterocycles. The van der Waals surface area contributed by atoms with Crippen molar-refractivity contribution in [1.82, 2.24) is 10.6 Å². The van der Waals surface area contributed by atoms with Crippen LogP contribution in [0.1, 0.15) is 68.9 Å². The summed E-state index contributed by atoms with van der Waals surface area (Å²) in [6.45, 7) is 2.11. The molecule has 2 aromatic rings. The maximum Gasteiger partial charge on any atom is 0.407 e. The molecule has 2 amide bonds. The van der Waals surface area contributed by atoms with Crippen molar-refractivity contribution < 1.29 is 24.2 Å². The van der Waals surface area contributed by atoms with Crippen LogP contribution in [0.15, 0.2) is 48.5 Å². The molecule has 0 spiro atoms. The van der Waals surface area contributed by atoms with Crippen molar-refractivity contribution in [3.63, 3.8) is 0 Å². The van der Waals surface area contributed by atoms with Gasteiger partial charge in [-0.3, -0.25) is 9.59 Å². The number of carboxylic acids is 1. The number of hydrogen-bond donors (Lipinski definition) is 3. The molecule has 2 aliphatic carbocycles. The van der Waals surface area contributed by atoms with E-state index in [1.54, 1.807) is 0 Å². The Balaban J connectivity index is 1.33. The van der Waals surface area contributed by atoms with E-state index < -0.39 is 12.1 Å². The zero-order valence-corrected chi connectivity index (χ0v) is 20.2. The van der Waals surface area contributed by atoms with Crippen LogP contribution in [0.2, 0.25) is 0 Å². The molecule has 7 heteroatoms. The molecule has 0 aliphatic heterocycles. The van der Waals surface area contributed by atoms with Gasteiger partial charge in [-0.1, -0.05) is 68.3 Å². The molecule has 3 atom stereocenters. The Morgan fingerprint density at radius 3 is 2.26 bits per heavy atom. The first-order valence-electron chi connectivity index (χ1n) is 12.6. The van der Waals surface area contributed by atoms with Crippen LogP contribution in [-0.2, 0) is 14.3 Å². The molecule has 1 saturated carbocycles. The molecule has 0 radical (unpaired) electrons. The monoisotopic (exact) mass is 478 g/mol. The number of carboxylic acid groups (broad SMARTS) is 1. The number of ether oxygens (including phenoxy) is 1. The second-order valence-corrected chi connectivity index (χ2v) is 9.60. The molecule has 3 N–H and O–H groups in total. The average molecular weight is 479 g/mol. The second kappa shape index (κ2) is 11.4. The van der Waals surface area contributed by atoms with Crippen molar-refractivity contribution >= 4 is 18.0 Å². The van der Waals surface area contributed by atoms with Crippen molar-refractivity contribution in [2.75, 3.05) is 6.61 Å². The lowest BCUT2D eigenvalue weighted by Gasteiger charge is -2.32. The van der Waals surface area contributed by atoms with Gasteiger partial charge in [-0.2, -0.15) is 0 Å². The first-order chi connectivity index (χ1) is 17.0. The Bertz CT molecular complexity index is 1020. The molecule has 186 valence electrons. The van der Waals surface area contributed by atoms with Crippen LogP contribution < -0.4 is 10.6 Å². The molecule has 4 rings (SSSR count). The molecule has 0 bridgehead atoms. The van der Waals surface area contributed by atoms with E-state index in [-0.39, 0.29) is 49.3 Å². The summed E-state index contributed by atoms with van der Waals surface area (Å²) in [7, 11) is 0. The van der Waals surface area contributed by atoms with Crippen LogP contribution in [0, 0.1) is 5.92 Å². The van der Waals surface area contributed by atoms with Crippen LogP contribution in [-0.4, -0.2) is 41.8 Å². The zero-order valence-electron chi connectivity index (χ0n) is 20.2. The van der Waals surface area contributed by atoms with Crippen molar-refractivity contribution in [1.29, 1.82) is 0 Å². The van der Waals surface area contributed by atoms with Gasteiger partial charge in [0.15, 0.2) is 0 Å². The largest absolute Gasteiger partial charge is 0.481 e. The average Bonchev–Trinajstić information content (AvgIpc) is 3.17. The number of carbonyl (C=O) groups excluding carboxylic acids is 2. The maximum atomic E-state index is 12.8. The predicted octanol–water partition coefficient (Wildman–Crippen LogP) is 4.84. The van der Waals surface area contributed by atoms with Gasteiger partial charge in [0.05, 0.1) is 6.42 Å². The minimum Gasteiger partial charge on any atom is -0.481 e. The van der Waals surface area contributed by atoms with Gasteiger partial charge in [-0.15, -0.1) is 0 Å². The van der Waals surface area contributed by atoms with Gasteiger partial charge < -0.3 is 20.5 Å². The van der Waals surface area contributed by atoms with Crippen LogP contribution in [0.5, 0.6) is 0 Å². The van der Waals surface area contributed by atoms with Crippen molar-refractivity contribution in [2.24, 2.45) is 5.92 Å². The fourth-order valence-corrected chi connectivity index (χ4v) is 5.47. The Morgan fingerprint density at radius 2 is 1.63 bits per heavy atom. The fraction of sp³-hybridized carbons (Fsp3) is 0.464. The van der Waals surface area contributed by atoms with E-state index in [2.05, 4.69) is 34.9 Å². The Labute approximate surface area is 206 Å². The lowest BCUT2D eigenvalue weighted by Crippen LogP contribution is -2.45. The Morgan fingerprint density at radius 1 is 1.00 bits per heavy atom. The summed E-state index contributed by atoms with van der Waals surface area (Å²) < 4.78 is 5.71. The zero-order chi connectivity index (χ0) is 24.8. The molecular weight excluding hydrogens is 444 g/mol. The third-order valence-electron chi connectivity index (χ3n) is 7.28.